The molecule has 3 aromatic rings. The summed E-state index contributed by atoms with van der Waals surface area (Å²) >= 11 is 3.46. The summed E-state index contributed by atoms with van der Waals surface area (Å²) in [5.74, 6) is 0.565. The van der Waals surface area contributed by atoms with Crippen molar-refractivity contribution in [1.29, 1.82) is 0 Å². The second-order valence-corrected chi connectivity index (χ2v) is 9.49. The SMILES string of the molecule is O=C(NNCCF)[C@@]1(Cc2ccc(Br)cc2)N=C(c2ccc(OCCCO)cc2)O[C@H]1c1ccccc1. The molecule has 0 unspecified atom stereocenters. The molecule has 2 atom stereocenters. The number of benzene rings is 3. The number of ether oxygens (including phenoxy) is 2. The zero-order chi connectivity index (χ0) is 26.1. The van der Waals surface area contributed by atoms with Gasteiger partial charge in [-0.3, -0.25) is 10.2 Å². The summed E-state index contributed by atoms with van der Waals surface area (Å²) in [7, 11) is 0. The van der Waals surface area contributed by atoms with Crippen LogP contribution < -0.4 is 15.6 Å². The minimum Gasteiger partial charge on any atom is -0.494 e. The van der Waals surface area contributed by atoms with Crippen LogP contribution in [0.5, 0.6) is 5.75 Å². The largest absolute Gasteiger partial charge is 0.494 e. The molecular formula is C28H29BrFN3O4. The van der Waals surface area contributed by atoms with Crippen LogP contribution in [-0.4, -0.2) is 48.9 Å². The van der Waals surface area contributed by atoms with Crippen molar-refractivity contribution in [2.45, 2.75) is 24.5 Å². The third kappa shape index (κ3) is 6.54. The number of rotatable bonds is 12. The molecule has 1 heterocycles. The van der Waals surface area contributed by atoms with E-state index >= 15 is 0 Å². The predicted molar refractivity (Wildman–Crippen MR) is 143 cm³/mol. The number of aliphatic hydroxyl groups excluding tert-OH is 1. The number of hydrogen-bond acceptors (Lipinski definition) is 6. The molecule has 194 valence electrons. The van der Waals surface area contributed by atoms with Crippen molar-refractivity contribution < 1.29 is 23.8 Å². The molecule has 0 spiro atoms. The van der Waals surface area contributed by atoms with E-state index in [2.05, 4.69) is 26.8 Å². The van der Waals surface area contributed by atoms with Crippen LogP contribution in [0.15, 0.2) is 88.3 Å². The first-order valence-corrected chi connectivity index (χ1v) is 12.8. The van der Waals surface area contributed by atoms with Crippen LogP contribution >= 0.6 is 15.9 Å². The van der Waals surface area contributed by atoms with Gasteiger partial charge in [0, 0.05) is 36.0 Å². The molecule has 0 aromatic heterocycles. The summed E-state index contributed by atoms with van der Waals surface area (Å²) in [6, 6.07) is 24.4. The molecule has 0 radical (unpaired) electrons. The van der Waals surface area contributed by atoms with E-state index in [1.54, 1.807) is 12.1 Å². The maximum Gasteiger partial charge on any atom is 0.266 e. The molecule has 1 aliphatic rings. The quantitative estimate of drug-likeness (QED) is 0.223. The molecule has 1 amide bonds. The first kappa shape index (κ1) is 26.8. The molecule has 0 saturated carbocycles. The number of hydrazine groups is 1. The van der Waals surface area contributed by atoms with Crippen molar-refractivity contribution in [1.82, 2.24) is 10.9 Å². The van der Waals surface area contributed by atoms with Crippen molar-refractivity contribution in [3.05, 3.63) is 100 Å². The summed E-state index contributed by atoms with van der Waals surface area (Å²) in [4.78, 5) is 18.7. The van der Waals surface area contributed by atoms with Gasteiger partial charge in [-0.25, -0.2) is 14.8 Å². The summed E-state index contributed by atoms with van der Waals surface area (Å²) < 4.78 is 25.7. The molecule has 1 aliphatic heterocycles. The van der Waals surface area contributed by atoms with Crippen LogP contribution in [0.2, 0.25) is 0 Å². The Morgan fingerprint density at radius 1 is 1.08 bits per heavy atom. The number of halogens is 2. The number of carbonyl (C=O) groups is 1. The Kier molecular flexibility index (Phi) is 9.27. The number of aliphatic hydroxyl groups is 1. The number of hydrogen-bond donors (Lipinski definition) is 3. The van der Waals surface area contributed by atoms with E-state index in [-0.39, 0.29) is 19.6 Å². The number of alkyl halides is 1. The second kappa shape index (κ2) is 12.8. The van der Waals surface area contributed by atoms with Crippen LogP contribution in [0.3, 0.4) is 0 Å². The maximum absolute atomic E-state index is 13.7. The lowest BCUT2D eigenvalue weighted by Crippen LogP contribution is -2.54. The number of aliphatic imine (C=N–C) groups is 1. The van der Waals surface area contributed by atoms with Gasteiger partial charge in [-0.05, 0) is 47.5 Å². The van der Waals surface area contributed by atoms with Crippen molar-refractivity contribution >= 4 is 27.7 Å². The Balaban J connectivity index is 1.73. The average Bonchev–Trinajstić information content (AvgIpc) is 3.31. The third-order valence-corrected chi connectivity index (χ3v) is 6.47. The second-order valence-electron chi connectivity index (χ2n) is 8.57. The highest BCUT2D eigenvalue weighted by atomic mass is 79.9. The van der Waals surface area contributed by atoms with Gasteiger partial charge >= 0.3 is 0 Å². The van der Waals surface area contributed by atoms with Crippen molar-refractivity contribution in [3.8, 4) is 5.75 Å². The van der Waals surface area contributed by atoms with Gasteiger partial charge in [-0.15, -0.1) is 0 Å². The summed E-state index contributed by atoms with van der Waals surface area (Å²) in [6.07, 6.45) is 0.0787. The Labute approximate surface area is 223 Å². The van der Waals surface area contributed by atoms with Crippen LogP contribution in [0.1, 0.15) is 29.2 Å². The fraction of sp³-hybridized carbons (Fsp3) is 0.286. The Morgan fingerprint density at radius 3 is 2.49 bits per heavy atom. The molecule has 0 aliphatic carbocycles. The van der Waals surface area contributed by atoms with E-state index in [0.717, 1.165) is 15.6 Å². The Bertz CT molecular complexity index is 1190. The highest BCUT2D eigenvalue weighted by Crippen LogP contribution is 2.42. The normalized spacial score (nSPS) is 18.7. The smallest absolute Gasteiger partial charge is 0.266 e. The van der Waals surface area contributed by atoms with Gasteiger partial charge in [0.25, 0.3) is 5.91 Å². The molecule has 3 aromatic carbocycles. The number of amides is 1. The number of carbonyl (C=O) groups excluding carboxylic acids is 1. The molecule has 3 N–H and O–H groups in total. The topological polar surface area (TPSA) is 92.2 Å². The van der Waals surface area contributed by atoms with Crippen molar-refractivity contribution in [2.75, 3.05) is 26.4 Å². The number of nitrogens with zero attached hydrogens (tertiary/aromatic N) is 1. The lowest BCUT2D eigenvalue weighted by Gasteiger charge is -2.30. The van der Waals surface area contributed by atoms with E-state index in [9.17, 15) is 9.18 Å². The maximum atomic E-state index is 13.7. The van der Waals surface area contributed by atoms with Gasteiger partial charge < -0.3 is 14.6 Å². The molecule has 37 heavy (non-hydrogen) atoms. The molecular weight excluding hydrogens is 541 g/mol. The lowest BCUT2D eigenvalue weighted by atomic mass is 9.82. The van der Waals surface area contributed by atoms with E-state index in [1.165, 1.54) is 0 Å². The molecule has 7 nitrogen and oxygen atoms in total. The van der Waals surface area contributed by atoms with E-state index < -0.39 is 24.2 Å². The number of nitrogens with one attached hydrogen (secondary N) is 2. The van der Waals surface area contributed by atoms with Gasteiger partial charge in [0.1, 0.15) is 12.4 Å². The van der Waals surface area contributed by atoms with Gasteiger partial charge in [-0.1, -0.05) is 58.4 Å². The molecule has 0 bridgehead atoms. The zero-order valence-electron chi connectivity index (χ0n) is 20.2. The fourth-order valence-electron chi connectivity index (χ4n) is 4.12. The van der Waals surface area contributed by atoms with Gasteiger partial charge in [0.2, 0.25) is 5.90 Å². The molecule has 0 saturated heterocycles. The van der Waals surface area contributed by atoms with Crippen LogP contribution in [0.25, 0.3) is 0 Å². The monoisotopic (exact) mass is 569 g/mol. The van der Waals surface area contributed by atoms with Gasteiger partial charge in [0.15, 0.2) is 11.6 Å². The predicted octanol–water partition coefficient (Wildman–Crippen LogP) is 4.30. The average molecular weight is 570 g/mol. The van der Waals surface area contributed by atoms with Crippen LogP contribution in [0.4, 0.5) is 4.39 Å². The van der Waals surface area contributed by atoms with E-state index in [0.29, 0.717) is 30.2 Å². The molecule has 9 heteroatoms. The standard InChI is InChI=1S/C28H29BrFN3O4/c29-23-11-7-20(8-12-23)19-28(27(35)33-31-16-15-30)25(21-5-2-1-3-6-21)37-26(32-28)22-9-13-24(14-10-22)36-18-4-17-34/h1-3,5-14,25,31,34H,4,15-19H2,(H,33,35)/t25-,28-/m0/s1. The minimum atomic E-state index is -1.36. The minimum absolute atomic E-state index is 0.0225. The van der Waals surface area contributed by atoms with Gasteiger partial charge in [0.05, 0.1) is 6.61 Å². The first-order valence-electron chi connectivity index (χ1n) is 12.0. The van der Waals surface area contributed by atoms with E-state index in [4.69, 9.17) is 19.6 Å². The zero-order valence-corrected chi connectivity index (χ0v) is 21.8. The Morgan fingerprint density at radius 2 is 1.81 bits per heavy atom. The summed E-state index contributed by atoms with van der Waals surface area (Å²) in [5, 5.41) is 8.96. The lowest BCUT2D eigenvalue weighted by molar-refractivity contribution is -0.130. The fourth-order valence-corrected chi connectivity index (χ4v) is 4.39. The summed E-state index contributed by atoms with van der Waals surface area (Å²) in [6.45, 7) is -0.177. The Hall–Kier alpha value is -3.27. The highest BCUT2D eigenvalue weighted by molar-refractivity contribution is 9.10. The van der Waals surface area contributed by atoms with Crippen molar-refractivity contribution in [3.63, 3.8) is 0 Å². The molecule has 4 rings (SSSR count). The highest BCUT2D eigenvalue weighted by Gasteiger charge is 2.53. The third-order valence-electron chi connectivity index (χ3n) is 5.94. The van der Waals surface area contributed by atoms with Gasteiger partial charge in [-0.2, -0.15) is 0 Å². The first-order chi connectivity index (χ1) is 18.1. The van der Waals surface area contributed by atoms with Crippen molar-refractivity contribution in [2.24, 2.45) is 4.99 Å². The van der Waals surface area contributed by atoms with Crippen LogP contribution in [-0.2, 0) is 16.0 Å². The van der Waals surface area contributed by atoms with Crippen LogP contribution in [0, 0.1) is 0 Å². The van der Waals surface area contributed by atoms with E-state index in [1.807, 2.05) is 66.7 Å². The molecule has 0 fully saturated rings. The summed E-state index contributed by atoms with van der Waals surface area (Å²) in [5.41, 5.74) is 6.31.